The van der Waals surface area contributed by atoms with Gasteiger partial charge in [-0.25, -0.2) is 14.5 Å². The second kappa shape index (κ2) is 10.4. The molecule has 1 saturated heterocycles. The summed E-state index contributed by atoms with van der Waals surface area (Å²) in [7, 11) is 1.45. The Morgan fingerprint density at radius 2 is 1.75 bits per heavy atom. The molecule has 1 fully saturated rings. The maximum atomic E-state index is 13.1. The van der Waals surface area contributed by atoms with Gasteiger partial charge in [0, 0.05) is 0 Å². The number of urea groups is 1. The number of carboxylic acids is 1. The summed E-state index contributed by atoms with van der Waals surface area (Å²) in [6.07, 6.45) is 1.36. The van der Waals surface area contributed by atoms with Crippen molar-refractivity contribution in [3.05, 3.63) is 93.5 Å². The Morgan fingerprint density at radius 1 is 1.06 bits per heavy atom. The van der Waals surface area contributed by atoms with E-state index in [0.717, 1.165) is 10.5 Å². The fraction of sp³-hybridized carbons (Fsp3) is 0.0769. The molecule has 3 aromatic carbocycles. The van der Waals surface area contributed by atoms with Crippen molar-refractivity contribution in [2.75, 3.05) is 12.0 Å². The topological polar surface area (TPSA) is 122 Å². The third-order valence-corrected chi connectivity index (χ3v) is 5.85. The first-order valence-corrected chi connectivity index (χ1v) is 11.4. The van der Waals surface area contributed by atoms with Crippen LogP contribution < -0.4 is 19.7 Å². The first kappa shape index (κ1) is 24.7. The maximum Gasteiger partial charge on any atom is 0.335 e. The molecule has 0 unspecified atom stereocenters. The monoisotopic (exact) mass is 550 g/mol. The van der Waals surface area contributed by atoms with Gasteiger partial charge in [-0.05, 0) is 69.5 Å². The number of imide groups is 2. The first-order chi connectivity index (χ1) is 17.3. The van der Waals surface area contributed by atoms with Crippen LogP contribution in [0.2, 0.25) is 0 Å². The van der Waals surface area contributed by atoms with Gasteiger partial charge in [0.25, 0.3) is 11.8 Å². The van der Waals surface area contributed by atoms with E-state index in [9.17, 15) is 19.2 Å². The highest BCUT2D eigenvalue weighted by atomic mass is 79.9. The van der Waals surface area contributed by atoms with Gasteiger partial charge in [-0.2, -0.15) is 0 Å². The molecule has 0 spiro atoms. The molecule has 1 aliphatic heterocycles. The minimum Gasteiger partial charge on any atom is -0.493 e. The van der Waals surface area contributed by atoms with Gasteiger partial charge < -0.3 is 14.6 Å². The van der Waals surface area contributed by atoms with Crippen molar-refractivity contribution in [1.82, 2.24) is 5.32 Å². The molecule has 0 aliphatic carbocycles. The molecular weight excluding hydrogens is 532 g/mol. The highest BCUT2D eigenvalue weighted by molar-refractivity contribution is 9.10. The lowest BCUT2D eigenvalue weighted by molar-refractivity contribution is -0.122. The molecular formula is C26H19BrN2O7. The number of halogens is 1. The van der Waals surface area contributed by atoms with Gasteiger partial charge in [0.2, 0.25) is 0 Å². The van der Waals surface area contributed by atoms with Crippen LogP contribution in [0.25, 0.3) is 6.08 Å². The first-order valence-electron chi connectivity index (χ1n) is 10.6. The Bertz CT molecular complexity index is 1390. The zero-order valence-electron chi connectivity index (χ0n) is 18.9. The Balaban J connectivity index is 1.60. The van der Waals surface area contributed by atoms with Crippen molar-refractivity contribution in [3.63, 3.8) is 0 Å². The molecule has 3 aromatic rings. The van der Waals surface area contributed by atoms with Crippen molar-refractivity contribution in [2.45, 2.75) is 6.61 Å². The maximum absolute atomic E-state index is 13.1. The smallest absolute Gasteiger partial charge is 0.335 e. The predicted octanol–water partition coefficient (Wildman–Crippen LogP) is 4.40. The number of aromatic carboxylic acids is 1. The van der Waals surface area contributed by atoms with Gasteiger partial charge in [-0.3, -0.25) is 14.9 Å². The van der Waals surface area contributed by atoms with Crippen LogP contribution >= 0.6 is 15.9 Å². The summed E-state index contributed by atoms with van der Waals surface area (Å²) in [4.78, 5) is 49.8. The fourth-order valence-corrected chi connectivity index (χ4v) is 4.07. The summed E-state index contributed by atoms with van der Waals surface area (Å²) in [5.41, 5.74) is 1.48. The van der Waals surface area contributed by atoms with Gasteiger partial charge in [-0.1, -0.05) is 30.3 Å². The van der Waals surface area contributed by atoms with E-state index in [0.29, 0.717) is 27.2 Å². The van der Waals surface area contributed by atoms with Crippen LogP contribution in [0.3, 0.4) is 0 Å². The lowest BCUT2D eigenvalue weighted by Gasteiger charge is -2.26. The largest absolute Gasteiger partial charge is 0.493 e. The van der Waals surface area contributed by atoms with Crippen molar-refractivity contribution in [3.8, 4) is 11.5 Å². The van der Waals surface area contributed by atoms with Crippen molar-refractivity contribution in [1.29, 1.82) is 0 Å². The van der Waals surface area contributed by atoms with Crippen LogP contribution in [0.4, 0.5) is 10.5 Å². The van der Waals surface area contributed by atoms with E-state index in [1.54, 1.807) is 54.6 Å². The SMILES string of the molecule is COc1cc(/C=C2\C(=O)NC(=O)N(c3ccccc3)C2=O)cc(Br)c1OCc1ccc(C(=O)O)cc1. The Labute approximate surface area is 214 Å². The number of carbonyl (C=O) groups is 4. The summed E-state index contributed by atoms with van der Waals surface area (Å²) in [6, 6.07) is 16.9. The van der Waals surface area contributed by atoms with Crippen LogP contribution in [0.1, 0.15) is 21.5 Å². The number of barbiturate groups is 1. The molecule has 1 heterocycles. The molecule has 1 aliphatic rings. The lowest BCUT2D eigenvalue weighted by Crippen LogP contribution is -2.54. The van der Waals surface area contributed by atoms with Crippen molar-refractivity contribution >= 4 is 51.5 Å². The van der Waals surface area contributed by atoms with Crippen LogP contribution in [0.5, 0.6) is 11.5 Å². The number of hydrogen-bond acceptors (Lipinski definition) is 6. The highest BCUT2D eigenvalue weighted by Crippen LogP contribution is 2.38. The number of benzene rings is 3. The molecule has 9 nitrogen and oxygen atoms in total. The Morgan fingerprint density at radius 3 is 2.39 bits per heavy atom. The Hall–Kier alpha value is -4.44. The number of nitrogens with zero attached hydrogens (tertiary/aromatic N) is 1. The number of methoxy groups -OCH3 is 1. The molecule has 4 amide bonds. The van der Waals surface area contributed by atoms with Crippen LogP contribution in [-0.2, 0) is 16.2 Å². The van der Waals surface area contributed by atoms with Crippen LogP contribution in [-0.4, -0.2) is 36.0 Å². The summed E-state index contributed by atoms with van der Waals surface area (Å²) < 4.78 is 11.8. The van der Waals surface area contributed by atoms with Crippen LogP contribution in [0.15, 0.2) is 76.8 Å². The molecule has 0 saturated carbocycles. The summed E-state index contributed by atoms with van der Waals surface area (Å²) in [6.45, 7) is 0.143. The van der Waals surface area contributed by atoms with E-state index in [1.165, 1.54) is 25.3 Å². The average molecular weight is 551 g/mol. The van der Waals surface area contributed by atoms with Crippen molar-refractivity contribution in [2.24, 2.45) is 0 Å². The van der Waals surface area contributed by atoms with Gasteiger partial charge in [0.05, 0.1) is 22.8 Å². The molecule has 4 rings (SSSR count). The number of rotatable bonds is 7. The number of anilines is 1. The number of hydrogen-bond donors (Lipinski definition) is 2. The van der Waals surface area contributed by atoms with E-state index in [2.05, 4.69) is 21.2 Å². The summed E-state index contributed by atoms with van der Waals surface area (Å²) >= 11 is 3.43. The predicted molar refractivity (Wildman–Crippen MR) is 134 cm³/mol. The third kappa shape index (κ3) is 5.13. The van der Waals surface area contributed by atoms with E-state index >= 15 is 0 Å². The molecule has 182 valence electrons. The number of carbonyl (C=O) groups excluding carboxylic acids is 3. The molecule has 10 heteroatoms. The second-order valence-electron chi connectivity index (χ2n) is 7.62. The van der Waals surface area contributed by atoms with Gasteiger partial charge >= 0.3 is 12.0 Å². The molecule has 0 radical (unpaired) electrons. The summed E-state index contributed by atoms with van der Waals surface area (Å²) in [5, 5.41) is 11.2. The van der Waals surface area contributed by atoms with Crippen LogP contribution in [0, 0.1) is 0 Å². The Kier molecular flexibility index (Phi) is 7.16. The molecule has 2 N–H and O–H groups in total. The third-order valence-electron chi connectivity index (χ3n) is 5.26. The van der Waals surface area contributed by atoms with E-state index in [-0.39, 0.29) is 17.7 Å². The number of para-hydroxylation sites is 1. The number of amides is 4. The quantitative estimate of drug-likeness (QED) is 0.330. The molecule has 0 bridgehead atoms. The normalized spacial score (nSPS) is 14.6. The summed E-state index contributed by atoms with van der Waals surface area (Å²) in [5.74, 6) is -1.87. The second-order valence-corrected chi connectivity index (χ2v) is 8.47. The number of ether oxygens (including phenoxy) is 2. The molecule has 0 atom stereocenters. The molecule has 0 aromatic heterocycles. The van der Waals surface area contributed by atoms with Gasteiger partial charge in [0.1, 0.15) is 12.2 Å². The van der Waals surface area contributed by atoms with Crippen molar-refractivity contribution < 1.29 is 33.8 Å². The zero-order valence-corrected chi connectivity index (χ0v) is 20.4. The minimum atomic E-state index is -1.02. The van der Waals surface area contributed by atoms with Gasteiger partial charge in [0.15, 0.2) is 11.5 Å². The average Bonchev–Trinajstić information content (AvgIpc) is 2.86. The zero-order chi connectivity index (χ0) is 25.8. The number of nitrogens with one attached hydrogen (secondary N) is 1. The standard InChI is InChI=1S/C26H19BrN2O7/c1-35-21-13-16(12-20(27)22(21)36-14-15-7-9-17(10-8-15)25(32)33)11-19-23(30)28-26(34)29(24(19)31)18-5-3-2-4-6-18/h2-13H,14H2,1H3,(H,32,33)(H,28,30,34)/b19-11+. The highest BCUT2D eigenvalue weighted by Gasteiger charge is 2.36. The lowest BCUT2D eigenvalue weighted by atomic mass is 10.1. The number of carboxylic acid groups (broad SMARTS) is 1. The van der Waals surface area contributed by atoms with E-state index in [4.69, 9.17) is 14.6 Å². The fourth-order valence-electron chi connectivity index (χ4n) is 3.50. The van der Waals surface area contributed by atoms with E-state index < -0.39 is 23.8 Å². The molecule has 36 heavy (non-hydrogen) atoms. The minimum absolute atomic E-state index is 0.143. The van der Waals surface area contributed by atoms with E-state index in [1.807, 2.05) is 0 Å². The van der Waals surface area contributed by atoms with Gasteiger partial charge in [-0.15, -0.1) is 0 Å².